The van der Waals surface area contributed by atoms with Gasteiger partial charge in [0.1, 0.15) is 0 Å². The molecule has 1 atom stereocenters. The maximum atomic E-state index is 12.7. The third-order valence-electron chi connectivity index (χ3n) is 5.61. The van der Waals surface area contributed by atoms with Crippen LogP contribution in [0.3, 0.4) is 0 Å². The minimum atomic E-state index is -1.16. The Morgan fingerprint density at radius 3 is 2.43 bits per heavy atom. The summed E-state index contributed by atoms with van der Waals surface area (Å²) in [7, 11) is 3.10. The molecule has 0 saturated heterocycles. The largest absolute Gasteiger partial charge is 0.550 e. The van der Waals surface area contributed by atoms with Gasteiger partial charge in [-0.05, 0) is 66.8 Å². The number of aliphatic carboxylic acids is 1. The van der Waals surface area contributed by atoms with Crippen LogP contribution in [0.25, 0.3) is 0 Å². The van der Waals surface area contributed by atoms with Gasteiger partial charge in [0.25, 0.3) is 0 Å². The van der Waals surface area contributed by atoms with E-state index in [2.05, 4.69) is 5.32 Å². The number of methoxy groups -OCH3 is 2. The zero-order valence-electron chi connectivity index (χ0n) is 17.8. The summed E-state index contributed by atoms with van der Waals surface area (Å²) in [6.07, 6.45) is 0.468. The maximum absolute atomic E-state index is 12.7. The molecule has 3 rings (SSSR count). The summed E-state index contributed by atoms with van der Waals surface area (Å²) in [6.45, 7) is 4.64. The normalized spacial score (nSPS) is 15.9. The Bertz CT molecular complexity index is 957. The van der Waals surface area contributed by atoms with Crippen molar-refractivity contribution in [3.8, 4) is 11.5 Å². The van der Waals surface area contributed by atoms with E-state index < -0.39 is 12.0 Å². The van der Waals surface area contributed by atoms with Gasteiger partial charge in [-0.15, -0.1) is 0 Å². The summed E-state index contributed by atoms with van der Waals surface area (Å²) < 4.78 is 10.7. The molecule has 0 fully saturated rings. The third kappa shape index (κ3) is 4.74. The minimum absolute atomic E-state index is 0.0820. The highest BCUT2D eigenvalue weighted by Gasteiger charge is 2.30. The van der Waals surface area contributed by atoms with Crippen LogP contribution >= 0.6 is 0 Å². The molecule has 0 aromatic heterocycles. The number of hydrogen-bond donors (Lipinski definition) is 1. The van der Waals surface area contributed by atoms with Crippen molar-refractivity contribution >= 4 is 17.6 Å². The molecule has 2 aromatic rings. The highest BCUT2D eigenvalue weighted by atomic mass is 16.5. The molecule has 1 aliphatic rings. The zero-order chi connectivity index (χ0) is 21.8. The van der Waals surface area contributed by atoms with Crippen LogP contribution in [0.1, 0.15) is 34.7 Å². The van der Waals surface area contributed by atoms with Gasteiger partial charge in [-0.1, -0.05) is 6.07 Å². The van der Waals surface area contributed by atoms with Gasteiger partial charge < -0.3 is 24.7 Å². The summed E-state index contributed by atoms with van der Waals surface area (Å²) in [5, 5.41) is 14.4. The Morgan fingerprint density at radius 2 is 1.80 bits per heavy atom. The Kier molecular flexibility index (Phi) is 6.62. The van der Waals surface area contributed by atoms with Crippen LogP contribution in [0.5, 0.6) is 11.5 Å². The molecule has 0 aliphatic carbocycles. The first-order valence-electron chi connectivity index (χ1n) is 9.88. The van der Waals surface area contributed by atoms with Crippen molar-refractivity contribution in [1.29, 1.82) is 0 Å². The predicted molar refractivity (Wildman–Crippen MR) is 112 cm³/mol. The first-order valence-corrected chi connectivity index (χ1v) is 9.88. The number of carboxylic acid groups (broad SMARTS) is 1. The Morgan fingerprint density at radius 1 is 1.10 bits per heavy atom. The molecule has 0 radical (unpaired) electrons. The average molecular weight is 411 g/mol. The molecule has 0 spiro atoms. The molecular formula is C23H27N2O5-. The quantitative estimate of drug-likeness (QED) is 0.749. The van der Waals surface area contributed by atoms with Gasteiger partial charge in [-0.2, -0.15) is 0 Å². The van der Waals surface area contributed by atoms with Gasteiger partial charge >= 0.3 is 0 Å². The van der Waals surface area contributed by atoms with Gasteiger partial charge in [0.15, 0.2) is 11.5 Å². The second-order valence-corrected chi connectivity index (χ2v) is 7.57. The van der Waals surface area contributed by atoms with E-state index in [4.69, 9.17) is 9.47 Å². The monoisotopic (exact) mass is 411 g/mol. The lowest BCUT2D eigenvalue weighted by molar-refractivity contribution is -0.307. The standard InChI is InChI=1S/C23H28N2O5/c1-14-5-6-17(9-15(14)2)24-22(26)13-25-8-7-16-10-20(29-3)21(30-4)11-18(16)19(25)12-23(27)28/h5-6,9-11,19H,7-8,12-13H2,1-4H3,(H,24,26)(H,27,28)/p-1. The average Bonchev–Trinajstić information content (AvgIpc) is 2.71. The summed E-state index contributed by atoms with van der Waals surface area (Å²) >= 11 is 0. The maximum Gasteiger partial charge on any atom is 0.238 e. The molecule has 30 heavy (non-hydrogen) atoms. The van der Waals surface area contributed by atoms with Crippen molar-refractivity contribution in [3.05, 3.63) is 52.6 Å². The van der Waals surface area contributed by atoms with Crippen molar-refractivity contribution in [2.75, 3.05) is 32.6 Å². The Hall–Kier alpha value is -3.06. The number of carbonyl (C=O) groups is 2. The SMILES string of the molecule is COc1cc2c(cc1OC)C(CC(=O)[O-])N(CC(=O)Nc1ccc(C)c(C)c1)CC2. The van der Waals surface area contributed by atoms with Crippen molar-refractivity contribution in [1.82, 2.24) is 4.90 Å². The molecule has 7 heteroatoms. The number of carbonyl (C=O) groups excluding carboxylic acids is 2. The van der Waals surface area contributed by atoms with Gasteiger partial charge in [-0.25, -0.2) is 0 Å². The third-order valence-corrected chi connectivity index (χ3v) is 5.61. The van der Waals surface area contributed by atoms with Crippen LogP contribution in [0.15, 0.2) is 30.3 Å². The molecule has 2 aromatic carbocycles. The van der Waals surface area contributed by atoms with Crippen molar-refractivity contribution in [2.45, 2.75) is 32.7 Å². The summed E-state index contributed by atoms with van der Waals surface area (Å²) in [4.78, 5) is 26.0. The number of carboxylic acids is 1. The second-order valence-electron chi connectivity index (χ2n) is 7.57. The van der Waals surface area contributed by atoms with E-state index in [0.29, 0.717) is 24.5 Å². The van der Waals surface area contributed by atoms with Crippen LogP contribution < -0.4 is 19.9 Å². The highest BCUT2D eigenvalue weighted by Crippen LogP contribution is 2.39. The number of nitrogens with one attached hydrogen (secondary N) is 1. The highest BCUT2D eigenvalue weighted by molar-refractivity contribution is 5.92. The van der Waals surface area contributed by atoms with Gasteiger partial charge in [0.05, 0.1) is 20.8 Å². The number of benzene rings is 2. The summed E-state index contributed by atoms with van der Waals surface area (Å²) in [5.41, 5.74) is 4.78. The molecule has 7 nitrogen and oxygen atoms in total. The molecule has 1 amide bonds. The molecule has 1 aliphatic heterocycles. The van der Waals surface area contributed by atoms with E-state index in [-0.39, 0.29) is 18.9 Å². The van der Waals surface area contributed by atoms with E-state index in [1.165, 1.54) is 7.11 Å². The first-order chi connectivity index (χ1) is 14.3. The number of anilines is 1. The molecule has 0 saturated carbocycles. The first kappa shape index (κ1) is 21.6. The van der Waals surface area contributed by atoms with Gasteiger partial charge in [0.2, 0.25) is 5.91 Å². The fourth-order valence-electron chi connectivity index (χ4n) is 3.87. The molecule has 160 valence electrons. The van der Waals surface area contributed by atoms with Crippen LogP contribution in [-0.4, -0.2) is 44.1 Å². The zero-order valence-corrected chi connectivity index (χ0v) is 17.8. The Labute approximate surface area is 176 Å². The summed E-state index contributed by atoms with van der Waals surface area (Å²) in [5.74, 6) is -0.224. The second kappa shape index (κ2) is 9.17. The lowest BCUT2D eigenvalue weighted by Gasteiger charge is -2.37. The van der Waals surface area contributed by atoms with E-state index in [1.807, 2.05) is 43.0 Å². The van der Waals surface area contributed by atoms with E-state index in [1.54, 1.807) is 13.2 Å². The van der Waals surface area contributed by atoms with Crippen LogP contribution in [-0.2, 0) is 16.0 Å². The number of ether oxygens (including phenoxy) is 2. The van der Waals surface area contributed by atoms with E-state index in [9.17, 15) is 14.7 Å². The number of aryl methyl sites for hydroxylation is 2. The number of nitrogens with zero attached hydrogens (tertiary/aromatic N) is 1. The van der Waals surface area contributed by atoms with Crippen LogP contribution in [0.2, 0.25) is 0 Å². The fourth-order valence-corrected chi connectivity index (χ4v) is 3.87. The lowest BCUT2D eigenvalue weighted by Crippen LogP contribution is -2.43. The van der Waals surface area contributed by atoms with E-state index >= 15 is 0 Å². The van der Waals surface area contributed by atoms with Crippen molar-refractivity contribution < 1.29 is 24.2 Å². The summed E-state index contributed by atoms with van der Waals surface area (Å²) in [6, 6.07) is 8.94. The topological polar surface area (TPSA) is 90.9 Å². The molecule has 1 heterocycles. The number of hydrogen-bond acceptors (Lipinski definition) is 6. The molecular weight excluding hydrogens is 384 g/mol. The number of amides is 1. The minimum Gasteiger partial charge on any atom is -0.550 e. The van der Waals surface area contributed by atoms with E-state index in [0.717, 1.165) is 27.9 Å². The number of rotatable bonds is 7. The number of fused-ring (bicyclic) bond motifs is 1. The molecule has 1 unspecified atom stereocenters. The van der Waals surface area contributed by atoms with Crippen molar-refractivity contribution in [3.63, 3.8) is 0 Å². The Balaban J connectivity index is 1.82. The predicted octanol–water partition coefficient (Wildman–Crippen LogP) is 2.00. The van der Waals surface area contributed by atoms with Gasteiger partial charge in [0, 0.05) is 30.7 Å². The fraction of sp³-hybridized carbons (Fsp3) is 0.391. The molecule has 0 bridgehead atoms. The lowest BCUT2D eigenvalue weighted by atomic mass is 9.90. The smallest absolute Gasteiger partial charge is 0.238 e. The van der Waals surface area contributed by atoms with Gasteiger partial charge in [-0.3, -0.25) is 9.69 Å². The molecule has 1 N–H and O–H groups in total. The van der Waals surface area contributed by atoms with Crippen LogP contribution in [0.4, 0.5) is 5.69 Å². The van der Waals surface area contributed by atoms with Crippen molar-refractivity contribution in [2.24, 2.45) is 0 Å². The van der Waals surface area contributed by atoms with Crippen LogP contribution in [0, 0.1) is 13.8 Å².